The SMILES string of the molecule is O=C(O)CC(NC(=O)CCNC(=O)c1ccsc1)C1CC1. The van der Waals surface area contributed by atoms with Gasteiger partial charge in [0.2, 0.25) is 5.91 Å². The molecule has 1 atom stereocenters. The van der Waals surface area contributed by atoms with Crippen molar-refractivity contribution in [2.45, 2.75) is 31.7 Å². The lowest BCUT2D eigenvalue weighted by atomic mass is 10.1. The summed E-state index contributed by atoms with van der Waals surface area (Å²) in [5.41, 5.74) is 0.585. The highest BCUT2D eigenvalue weighted by Crippen LogP contribution is 2.34. The Morgan fingerprint density at radius 1 is 1.38 bits per heavy atom. The van der Waals surface area contributed by atoms with E-state index in [0.29, 0.717) is 5.56 Å². The average Bonchev–Trinajstić information content (AvgIpc) is 3.12. The van der Waals surface area contributed by atoms with E-state index < -0.39 is 5.97 Å². The van der Waals surface area contributed by atoms with Gasteiger partial charge in [-0.2, -0.15) is 11.3 Å². The summed E-state index contributed by atoms with van der Waals surface area (Å²) in [6, 6.07) is 1.43. The molecule has 0 radical (unpaired) electrons. The van der Waals surface area contributed by atoms with Crippen LogP contribution in [-0.4, -0.2) is 35.5 Å². The van der Waals surface area contributed by atoms with E-state index >= 15 is 0 Å². The summed E-state index contributed by atoms with van der Waals surface area (Å²) in [5, 5.41) is 17.8. The van der Waals surface area contributed by atoms with Crippen molar-refractivity contribution in [2.24, 2.45) is 5.92 Å². The smallest absolute Gasteiger partial charge is 0.305 e. The van der Waals surface area contributed by atoms with Crippen molar-refractivity contribution in [3.8, 4) is 0 Å². The van der Waals surface area contributed by atoms with Gasteiger partial charge in [0.1, 0.15) is 0 Å². The van der Waals surface area contributed by atoms with Crippen LogP contribution in [0.1, 0.15) is 36.0 Å². The van der Waals surface area contributed by atoms with Crippen molar-refractivity contribution in [3.63, 3.8) is 0 Å². The van der Waals surface area contributed by atoms with Crippen LogP contribution in [0.3, 0.4) is 0 Å². The van der Waals surface area contributed by atoms with E-state index in [9.17, 15) is 14.4 Å². The second kappa shape index (κ2) is 7.21. The van der Waals surface area contributed by atoms with Gasteiger partial charge in [-0.05, 0) is 30.2 Å². The van der Waals surface area contributed by atoms with Crippen LogP contribution in [0.2, 0.25) is 0 Å². The first-order valence-corrected chi connectivity index (χ1v) is 7.82. The molecule has 114 valence electrons. The third kappa shape index (κ3) is 5.18. The number of carboxylic acids is 1. The molecule has 1 aromatic rings. The molecule has 0 bridgehead atoms. The minimum Gasteiger partial charge on any atom is -0.481 e. The second-order valence-corrected chi connectivity index (χ2v) is 5.91. The normalized spacial score (nSPS) is 15.2. The third-order valence-corrected chi connectivity index (χ3v) is 4.04. The molecule has 1 aliphatic carbocycles. The van der Waals surface area contributed by atoms with E-state index in [1.165, 1.54) is 11.3 Å². The number of carbonyl (C=O) groups excluding carboxylic acids is 2. The number of rotatable bonds is 8. The van der Waals surface area contributed by atoms with Gasteiger partial charge in [-0.25, -0.2) is 0 Å². The first-order chi connectivity index (χ1) is 10.1. The fraction of sp³-hybridized carbons (Fsp3) is 0.500. The van der Waals surface area contributed by atoms with Crippen LogP contribution < -0.4 is 10.6 Å². The molecule has 1 aliphatic rings. The Morgan fingerprint density at radius 2 is 2.14 bits per heavy atom. The highest BCUT2D eigenvalue weighted by molar-refractivity contribution is 7.08. The quantitative estimate of drug-likeness (QED) is 0.673. The van der Waals surface area contributed by atoms with Crippen molar-refractivity contribution < 1.29 is 19.5 Å². The Kier molecular flexibility index (Phi) is 5.32. The molecule has 0 aliphatic heterocycles. The zero-order chi connectivity index (χ0) is 15.2. The lowest BCUT2D eigenvalue weighted by molar-refractivity contribution is -0.137. The van der Waals surface area contributed by atoms with Gasteiger partial charge in [-0.3, -0.25) is 14.4 Å². The molecular formula is C14H18N2O4S. The Morgan fingerprint density at radius 3 is 2.71 bits per heavy atom. The van der Waals surface area contributed by atoms with Crippen LogP contribution in [0.5, 0.6) is 0 Å². The minimum absolute atomic E-state index is 0.0440. The van der Waals surface area contributed by atoms with Crippen LogP contribution in [0.25, 0.3) is 0 Å². The standard InChI is InChI=1S/C14H18N2O4S/c17-12(16-11(7-13(18)19)9-1-2-9)3-5-15-14(20)10-4-6-21-8-10/h4,6,8-9,11H,1-3,5,7H2,(H,15,20)(H,16,17)(H,18,19). The number of aliphatic carboxylic acids is 1. The maximum absolute atomic E-state index is 11.8. The molecule has 1 unspecified atom stereocenters. The van der Waals surface area contributed by atoms with Gasteiger partial charge in [0.15, 0.2) is 0 Å². The molecular weight excluding hydrogens is 292 g/mol. The Labute approximate surface area is 126 Å². The molecule has 0 aromatic carbocycles. The maximum Gasteiger partial charge on any atom is 0.305 e. The summed E-state index contributed by atoms with van der Waals surface area (Å²) in [7, 11) is 0. The first-order valence-electron chi connectivity index (χ1n) is 6.88. The maximum atomic E-state index is 11.8. The largest absolute Gasteiger partial charge is 0.481 e. The van der Waals surface area contributed by atoms with Gasteiger partial charge < -0.3 is 15.7 Å². The van der Waals surface area contributed by atoms with E-state index in [1.807, 2.05) is 5.38 Å². The van der Waals surface area contributed by atoms with E-state index in [0.717, 1.165) is 12.8 Å². The second-order valence-electron chi connectivity index (χ2n) is 5.13. The van der Waals surface area contributed by atoms with Crippen molar-refractivity contribution in [1.82, 2.24) is 10.6 Å². The van der Waals surface area contributed by atoms with Crippen LogP contribution in [0.15, 0.2) is 16.8 Å². The monoisotopic (exact) mass is 310 g/mol. The molecule has 7 heteroatoms. The van der Waals surface area contributed by atoms with E-state index in [4.69, 9.17) is 5.11 Å². The van der Waals surface area contributed by atoms with Crippen molar-refractivity contribution in [1.29, 1.82) is 0 Å². The first kappa shape index (κ1) is 15.5. The van der Waals surface area contributed by atoms with Crippen LogP contribution in [-0.2, 0) is 9.59 Å². The number of carboxylic acid groups (broad SMARTS) is 1. The summed E-state index contributed by atoms with van der Waals surface area (Å²) in [6.07, 6.45) is 2.04. The van der Waals surface area contributed by atoms with Crippen molar-refractivity contribution in [3.05, 3.63) is 22.4 Å². The predicted molar refractivity (Wildman–Crippen MR) is 78.2 cm³/mol. The highest BCUT2D eigenvalue weighted by Gasteiger charge is 2.33. The van der Waals surface area contributed by atoms with Gasteiger partial charge in [0.25, 0.3) is 5.91 Å². The number of thiophene rings is 1. The van der Waals surface area contributed by atoms with Gasteiger partial charge >= 0.3 is 5.97 Å². The van der Waals surface area contributed by atoms with Crippen LogP contribution in [0, 0.1) is 5.92 Å². The lowest BCUT2D eigenvalue weighted by Crippen LogP contribution is -2.39. The minimum atomic E-state index is -0.905. The molecule has 2 amide bonds. The molecule has 1 fully saturated rings. The summed E-state index contributed by atoms with van der Waals surface area (Å²) in [6.45, 7) is 0.241. The molecule has 1 heterocycles. The third-order valence-electron chi connectivity index (χ3n) is 3.35. The highest BCUT2D eigenvalue weighted by atomic mass is 32.1. The molecule has 21 heavy (non-hydrogen) atoms. The summed E-state index contributed by atoms with van der Waals surface area (Å²) in [4.78, 5) is 34.2. The lowest BCUT2D eigenvalue weighted by Gasteiger charge is -2.16. The molecule has 3 N–H and O–H groups in total. The fourth-order valence-corrected chi connectivity index (χ4v) is 2.72. The number of carbonyl (C=O) groups is 3. The Balaban J connectivity index is 1.69. The van der Waals surface area contributed by atoms with Gasteiger partial charge in [-0.1, -0.05) is 0 Å². The van der Waals surface area contributed by atoms with E-state index in [-0.39, 0.29) is 43.2 Å². The molecule has 0 spiro atoms. The summed E-state index contributed by atoms with van der Waals surface area (Å²) in [5.74, 6) is -1.05. The summed E-state index contributed by atoms with van der Waals surface area (Å²) < 4.78 is 0. The number of hydrogen-bond donors (Lipinski definition) is 3. The number of nitrogens with one attached hydrogen (secondary N) is 2. The van der Waals surface area contributed by atoms with E-state index in [1.54, 1.807) is 11.4 Å². The average molecular weight is 310 g/mol. The number of hydrogen-bond acceptors (Lipinski definition) is 4. The van der Waals surface area contributed by atoms with Gasteiger partial charge in [-0.15, -0.1) is 0 Å². The molecule has 2 rings (SSSR count). The number of amides is 2. The zero-order valence-electron chi connectivity index (χ0n) is 11.5. The molecule has 1 aromatic heterocycles. The topological polar surface area (TPSA) is 95.5 Å². The van der Waals surface area contributed by atoms with Crippen LogP contribution in [0.4, 0.5) is 0 Å². The molecule has 6 nitrogen and oxygen atoms in total. The van der Waals surface area contributed by atoms with E-state index in [2.05, 4.69) is 10.6 Å². The van der Waals surface area contributed by atoms with Gasteiger partial charge in [0.05, 0.1) is 6.42 Å². The zero-order valence-corrected chi connectivity index (χ0v) is 12.3. The van der Waals surface area contributed by atoms with Crippen molar-refractivity contribution in [2.75, 3.05) is 6.54 Å². The predicted octanol–water partition coefficient (Wildman–Crippen LogP) is 1.24. The Hall–Kier alpha value is -1.89. The summed E-state index contributed by atoms with van der Waals surface area (Å²) >= 11 is 1.44. The molecule has 1 saturated carbocycles. The van der Waals surface area contributed by atoms with Crippen LogP contribution >= 0.6 is 11.3 Å². The van der Waals surface area contributed by atoms with Gasteiger partial charge in [0, 0.05) is 30.0 Å². The fourth-order valence-electron chi connectivity index (χ4n) is 2.09. The molecule has 0 saturated heterocycles. The Bertz CT molecular complexity index is 511. The van der Waals surface area contributed by atoms with Crippen molar-refractivity contribution >= 4 is 29.1 Å².